The molecule has 3 N–H and O–H groups in total. The van der Waals surface area contributed by atoms with Crippen molar-refractivity contribution in [3.63, 3.8) is 0 Å². The van der Waals surface area contributed by atoms with Gasteiger partial charge in [-0.05, 0) is 33.6 Å². The van der Waals surface area contributed by atoms with E-state index in [2.05, 4.69) is 4.72 Å². The van der Waals surface area contributed by atoms with Crippen LogP contribution in [0.2, 0.25) is 0 Å². The lowest BCUT2D eigenvalue weighted by molar-refractivity contribution is -0.00549. The quantitative estimate of drug-likeness (QED) is 0.714. The smallest absolute Gasteiger partial charge is 0.279 e. The fourth-order valence-corrected chi connectivity index (χ4v) is 3.96. The van der Waals surface area contributed by atoms with Crippen LogP contribution in [0, 0.1) is 0 Å². The third-order valence-electron chi connectivity index (χ3n) is 3.37. The second-order valence-corrected chi connectivity index (χ2v) is 7.22. The van der Waals surface area contributed by atoms with Crippen molar-refractivity contribution >= 4 is 10.2 Å². The van der Waals surface area contributed by atoms with E-state index in [0.29, 0.717) is 19.7 Å². The SMILES string of the molecule is CCOC(C)(C)CNS(=O)(=O)N1CCCCC1CN. The molecule has 1 fully saturated rings. The summed E-state index contributed by atoms with van der Waals surface area (Å²) in [6, 6.07) is -0.0820. The number of rotatable bonds is 7. The molecule has 114 valence electrons. The average molecular weight is 293 g/mol. The Labute approximate surface area is 116 Å². The zero-order valence-corrected chi connectivity index (χ0v) is 13.0. The van der Waals surface area contributed by atoms with Crippen molar-refractivity contribution in [1.29, 1.82) is 0 Å². The summed E-state index contributed by atoms with van der Waals surface area (Å²) in [7, 11) is -3.47. The molecule has 1 aliphatic heterocycles. The molecule has 0 aromatic rings. The fourth-order valence-electron chi connectivity index (χ4n) is 2.32. The standard InChI is InChI=1S/C12H27N3O3S/c1-4-18-12(2,3)10-14-19(16,17)15-8-6-5-7-11(15)9-13/h11,14H,4-10,13H2,1-3H3. The van der Waals surface area contributed by atoms with Crippen molar-refractivity contribution in [2.45, 2.75) is 51.7 Å². The maximum absolute atomic E-state index is 12.3. The predicted molar refractivity (Wildman–Crippen MR) is 76.0 cm³/mol. The molecule has 1 aliphatic rings. The summed E-state index contributed by atoms with van der Waals surface area (Å²) in [5.41, 5.74) is 5.16. The summed E-state index contributed by atoms with van der Waals surface area (Å²) in [5, 5.41) is 0. The summed E-state index contributed by atoms with van der Waals surface area (Å²) in [6.45, 7) is 7.37. The third kappa shape index (κ3) is 5.00. The minimum Gasteiger partial charge on any atom is -0.374 e. The lowest BCUT2D eigenvalue weighted by atomic mass is 10.1. The van der Waals surface area contributed by atoms with E-state index in [-0.39, 0.29) is 12.6 Å². The molecule has 0 aromatic carbocycles. The molecule has 0 spiro atoms. The Morgan fingerprint density at radius 2 is 2.11 bits per heavy atom. The van der Waals surface area contributed by atoms with E-state index >= 15 is 0 Å². The van der Waals surface area contributed by atoms with Crippen LogP contribution in [0.4, 0.5) is 0 Å². The van der Waals surface area contributed by atoms with Crippen LogP contribution in [0.15, 0.2) is 0 Å². The molecule has 1 saturated heterocycles. The van der Waals surface area contributed by atoms with Crippen LogP contribution in [-0.4, -0.2) is 50.6 Å². The van der Waals surface area contributed by atoms with Crippen molar-refractivity contribution in [3.8, 4) is 0 Å². The normalized spacial score (nSPS) is 22.6. The summed E-state index contributed by atoms with van der Waals surface area (Å²) in [4.78, 5) is 0. The number of hydrogen-bond acceptors (Lipinski definition) is 4. The van der Waals surface area contributed by atoms with Gasteiger partial charge in [0.25, 0.3) is 10.2 Å². The molecule has 19 heavy (non-hydrogen) atoms. The van der Waals surface area contributed by atoms with Gasteiger partial charge < -0.3 is 10.5 Å². The summed E-state index contributed by atoms with van der Waals surface area (Å²) >= 11 is 0. The first-order valence-corrected chi connectivity index (χ1v) is 8.37. The van der Waals surface area contributed by atoms with E-state index in [9.17, 15) is 8.42 Å². The van der Waals surface area contributed by atoms with Crippen LogP contribution in [0.3, 0.4) is 0 Å². The minimum atomic E-state index is -3.47. The van der Waals surface area contributed by atoms with Gasteiger partial charge in [0, 0.05) is 32.3 Å². The van der Waals surface area contributed by atoms with Gasteiger partial charge >= 0.3 is 0 Å². The minimum absolute atomic E-state index is 0.0820. The van der Waals surface area contributed by atoms with Gasteiger partial charge in [0.15, 0.2) is 0 Å². The van der Waals surface area contributed by atoms with Crippen molar-refractivity contribution in [2.24, 2.45) is 5.73 Å². The second-order valence-electron chi connectivity index (χ2n) is 5.51. The first kappa shape index (κ1) is 16.8. The molecule has 0 saturated carbocycles. The Bertz CT molecular complexity index is 370. The van der Waals surface area contributed by atoms with E-state index < -0.39 is 15.8 Å². The molecule has 1 unspecified atom stereocenters. The zero-order chi connectivity index (χ0) is 14.5. The van der Waals surface area contributed by atoms with Crippen LogP contribution in [0.25, 0.3) is 0 Å². The number of hydrogen-bond donors (Lipinski definition) is 2. The maximum atomic E-state index is 12.3. The van der Waals surface area contributed by atoms with Crippen LogP contribution in [-0.2, 0) is 14.9 Å². The first-order valence-electron chi connectivity index (χ1n) is 6.93. The molecule has 0 aliphatic carbocycles. The highest BCUT2D eigenvalue weighted by Crippen LogP contribution is 2.19. The molecular formula is C12H27N3O3S. The monoisotopic (exact) mass is 293 g/mol. The molecule has 1 atom stereocenters. The van der Waals surface area contributed by atoms with Crippen molar-refractivity contribution in [2.75, 3.05) is 26.2 Å². The third-order valence-corrected chi connectivity index (χ3v) is 4.98. The molecule has 1 heterocycles. The zero-order valence-electron chi connectivity index (χ0n) is 12.2. The van der Waals surface area contributed by atoms with Crippen LogP contribution in [0.5, 0.6) is 0 Å². The largest absolute Gasteiger partial charge is 0.374 e. The molecule has 7 heteroatoms. The fraction of sp³-hybridized carbons (Fsp3) is 1.00. The topological polar surface area (TPSA) is 84.7 Å². The van der Waals surface area contributed by atoms with Crippen LogP contribution >= 0.6 is 0 Å². The molecule has 0 aromatic heterocycles. The van der Waals surface area contributed by atoms with E-state index in [1.54, 1.807) is 0 Å². The Kier molecular flexibility index (Phi) is 6.19. The van der Waals surface area contributed by atoms with Crippen molar-refractivity contribution in [3.05, 3.63) is 0 Å². The van der Waals surface area contributed by atoms with Gasteiger partial charge in [-0.1, -0.05) is 6.42 Å². The van der Waals surface area contributed by atoms with Gasteiger partial charge in [-0.25, -0.2) is 0 Å². The molecule has 1 rings (SSSR count). The molecule has 6 nitrogen and oxygen atoms in total. The Hall–Kier alpha value is -0.210. The molecule has 0 bridgehead atoms. The lowest BCUT2D eigenvalue weighted by Crippen LogP contribution is -2.53. The van der Waals surface area contributed by atoms with Gasteiger partial charge in [0.05, 0.1) is 5.60 Å². The molecular weight excluding hydrogens is 266 g/mol. The highest BCUT2D eigenvalue weighted by Gasteiger charge is 2.32. The van der Waals surface area contributed by atoms with Gasteiger partial charge in [0.2, 0.25) is 0 Å². The highest BCUT2D eigenvalue weighted by molar-refractivity contribution is 7.87. The highest BCUT2D eigenvalue weighted by atomic mass is 32.2. The summed E-state index contributed by atoms with van der Waals surface area (Å²) in [5.74, 6) is 0. The Morgan fingerprint density at radius 1 is 1.42 bits per heavy atom. The average Bonchev–Trinajstić information content (AvgIpc) is 2.37. The summed E-state index contributed by atoms with van der Waals surface area (Å²) in [6.07, 6.45) is 2.77. The van der Waals surface area contributed by atoms with Gasteiger partial charge in [0.1, 0.15) is 0 Å². The van der Waals surface area contributed by atoms with Crippen molar-refractivity contribution in [1.82, 2.24) is 9.03 Å². The number of ether oxygens (including phenoxy) is 1. The van der Waals surface area contributed by atoms with Gasteiger partial charge in [-0.3, -0.25) is 0 Å². The lowest BCUT2D eigenvalue weighted by Gasteiger charge is -2.35. The summed E-state index contributed by atoms with van der Waals surface area (Å²) < 4.78 is 34.2. The number of piperidine rings is 1. The maximum Gasteiger partial charge on any atom is 0.279 e. The number of nitrogens with one attached hydrogen (secondary N) is 1. The predicted octanol–water partition coefficient (Wildman–Crippen LogP) is 0.449. The van der Waals surface area contributed by atoms with Crippen LogP contribution < -0.4 is 10.5 Å². The van der Waals surface area contributed by atoms with E-state index in [4.69, 9.17) is 10.5 Å². The second kappa shape index (κ2) is 6.99. The number of nitrogens with two attached hydrogens (primary N) is 1. The van der Waals surface area contributed by atoms with E-state index in [1.807, 2.05) is 20.8 Å². The first-order chi connectivity index (χ1) is 8.82. The van der Waals surface area contributed by atoms with Crippen molar-refractivity contribution < 1.29 is 13.2 Å². The Balaban J connectivity index is 2.64. The number of nitrogens with zero attached hydrogens (tertiary/aromatic N) is 1. The molecule has 0 radical (unpaired) electrons. The molecule has 0 amide bonds. The van der Waals surface area contributed by atoms with Crippen LogP contribution in [0.1, 0.15) is 40.0 Å². The van der Waals surface area contributed by atoms with E-state index in [0.717, 1.165) is 19.3 Å². The van der Waals surface area contributed by atoms with E-state index in [1.165, 1.54) is 4.31 Å². The Morgan fingerprint density at radius 3 is 2.68 bits per heavy atom. The van der Waals surface area contributed by atoms with Gasteiger partial charge in [-0.15, -0.1) is 0 Å². The van der Waals surface area contributed by atoms with Gasteiger partial charge in [-0.2, -0.15) is 17.4 Å².